The molecular formula is C35H32O4. The lowest BCUT2D eigenvalue weighted by atomic mass is 9.63. The van der Waals surface area contributed by atoms with Crippen molar-refractivity contribution < 1.29 is 19.4 Å². The summed E-state index contributed by atoms with van der Waals surface area (Å²) in [5.74, 6) is 0.322. The van der Waals surface area contributed by atoms with Gasteiger partial charge >= 0.3 is 0 Å². The summed E-state index contributed by atoms with van der Waals surface area (Å²) in [6.45, 7) is 0. The lowest BCUT2D eigenvalue weighted by molar-refractivity contribution is -0.127. The Bertz CT molecular complexity index is 1460. The first-order chi connectivity index (χ1) is 19.0. The highest BCUT2D eigenvalue weighted by Gasteiger charge is 2.48. The fourth-order valence-electron chi connectivity index (χ4n) is 5.47. The molecule has 0 unspecified atom stereocenters. The minimum atomic E-state index is -1.56. The third kappa shape index (κ3) is 5.57. The minimum absolute atomic E-state index is 0.129. The molecule has 0 aromatic heterocycles. The van der Waals surface area contributed by atoms with Crippen LogP contribution >= 0.6 is 0 Å². The number of aliphatic hydroxyl groups is 1. The molecule has 39 heavy (non-hydrogen) atoms. The fraction of sp³-hybridized carbons (Fsp3) is 0.171. The van der Waals surface area contributed by atoms with E-state index in [-0.39, 0.29) is 11.7 Å². The van der Waals surface area contributed by atoms with Crippen molar-refractivity contribution in [3.8, 4) is 11.5 Å². The number of ketones is 1. The van der Waals surface area contributed by atoms with Crippen LogP contribution in [-0.4, -0.2) is 25.1 Å². The second kappa shape index (κ2) is 11.5. The molecule has 1 aliphatic carbocycles. The van der Waals surface area contributed by atoms with E-state index in [1.165, 1.54) is 0 Å². The van der Waals surface area contributed by atoms with Crippen molar-refractivity contribution in [3.05, 3.63) is 144 Å². The van der Waals surface area contributed by atoms with Crippen LogP contribution in [0.15, 0.2) is 121 Å². The number of hydrogen-bond acceptors (Lipinski definition) is 4. The minimum Gasteiger partial charge on any atom is -0.497 e. The highest BCUT2D eigenvalue weighted by molar-refractivity contribution is 5.98. The Balaban J connectivity index is 1.67. The smallest absolute Gasteiger partial charge is 0.162 e. The Kier molecular flexibility index (Phi) is 7.76. The number of carbonyl (C=O) groups is 1. The maximum absolute atomic E-state index is 14.1. The summed E-state index contributed by atoms with van der Waals surface area (Å²) in [5.41, 5.74) is 2.98. The van der Waals surface area contributed by atoms with Gasteiger partial charge in [-0.3, -0.25) is 4.79 Å². The molecule has 1 aliphatic rings. The van der Waals surface area contributed by atoms with E-state index in [1.807, 2.05) is 121 Å². The summed E-state index contributed by atoms with van der Waals surface area (Å²) >= 11 is 0. The monoisotopic (exact) mass is 516 g/mol. The van der Waals surface area contributed by atoms with Crippen molar-refractivity contribution in [3.63, 3.8) is 0 Å². The van der Waals surface area contributed by atoms with Gasteiger partial charge < -0.3 is 14.6 Å². The lowest BCUT2D eigenvalue weighted by Crippen LogP contribution is -2.44. The van der Waals surface area contributed by atoms with Crippen molar-refractivity contribution in [2.24, 2.45) is 5.92 Å². The molecule has 1 N–H and O–H groups in total. The molecule has 0 heterocycles. The summed E-state index contributed by atoms with van der Waals surface area (Å²) in [6, 6.07) is 34.9. The molecule has 196 valence electrons. The predicted molar refractivity (Wildman–Crippen MR) is 156 cm³/mol. The summed E-state index contributed by atoms with van der Waals surface area (Å²) in [6.07, 6.45) is 5.90. The van der Waals surface area contributed by atoms with Gasteiger partial charge in [0.15, 0.2) is 5.78 Å². The van der Waals surface area contributed by atoms with Gasteiger partial charge in [0.25, 0.3) is 0 Å². The Labute approximate surface area is 229 Å². The number of carbonyl (C=O) groups excluding carboxylic acids is 1. The average molecular weight is 517 g/mol. The van der Waals surface area contributed by atoms with Crippen LogP contribution in [0, 0.1) is 5.92 Å². The van der Waals surface area contributed by atoms with Crippen molar-refractivity contribution in [1.82, 2.24) is 0 Å². The molecule has 0 fully saturated rings. The average Bonchev–Trinajstić information content (AvgIpc) is 3.00. The van der Waals surface area contributed by atoms with Crippen LogP contribution < -0.4 is 9.47 Å². The summed E-state index contributed by atoms with van der Waals surface area (Å²) in [5, 5.41) is 12.6. The topological polar surface area (TPSA) is 55.8 Å². The van der Waals surface area contributed by atoms with Gasteiger partial charge in [-0.05, 0) is 70.7 Å². The van der Waals surface area contributed by atoms with E-state index in [9.17, 15) is 9.90 Å². The van der Waals surface area contributed by atoms with Crippen LogP contribution in [0.2, 0.25) is 0 Å². The third-order valence-electron chi connectivity index (χ3n) is 7.50. The summed E-state index contributed by atoms with van der Waals surface area (Å²) in [4.78, 5) is 14.1. The van der Waals surface area contributed by atoms with Gasteiger partial charge in [0, 0.05) is 5.92 Å². The molecule has 3 atom stereocenters. The van der Waals surface area contributed by atoms with E-state index < -0.39 is 11.5 Å². The molecule has 4 aromatic rings. The molecule has 0 amide bonds. The highest BCUT2D eigenvalue weighted by Crippen LogP contribution is 2.51. The molecule has 0 radical (unpaired) electrons. The van der Waals surface area contributed by atoms with Gasteiger partial charge in [-0.25, -0.2) is 0 Å². The Hall–Kier alpha value is -4.41. The van der Waals surface area contributed by atoms with Gasteiger partial charge in [-0.15, -0.1) is 0 Å². The maximum Gasteiger partial charge on any atom is 0.162 e. The van der Waals surface area contributed by atoms with Crippen molar-refractivity contribution >= 4 is 17.4 Å². The van der Waals surface area contributed by atoms with Gasteiger partial charge in [0.05, 0.1) is 20.1 Å². The van der Waals surface area contributed by atoms with E-state index in [0.717, 1.165) is 28.0 Å². The Morgan fingerprint density at radius 3 is 1.95 bits per heavy atom. The molecule has 0 bridgehead atoms. The largest absolute Gasteiger partial charge is 0.497 e. The zero-order valence-electron chi connectivity index (χ0n) is 22.2. The number of benzene rings is 4. The zero-order chi connectivity index (χ0) is 27.2. The second-order valence-electron chi connectivity index (χ2n) is 9.80. The molecule has 0 aliphatic heterocycles. The molecule has 0 spiro atoms. The number of hydrogen-bond donors (Lipinski definition) is 1. The van der Waals surface area contributed by atoms with Crippen molar-refractivity contribution in [2.45, 2.75) is 17.9 Å². The maximum atomic E-state index is 14.1. The number of allylic oxidation sites excluding steroid dienone is 2. The number of methoxy groups -OCH3 is 2. The fourth-order valence-corrected chi connectivity index (χ4v) is 5.47. The Morgan fingerprint density at radius 1 is 0.795 bits per heavy atom. The molecular weight excluding hydrogens is 484 g/mol. The first kappa shape index (κ1) is 26.2. The first-order valence-electron chi connectivity index (χ1n) is 13.1. The van der Waals surface area contributed by atoms with E-state index in [1.54, 1.807) is 20.3 Å². The van der Waals surface area contributed by atoms with Crippen molar-refractivity contribution in [2.75, 3.05) is 14.2 Å². The van der Waals surface area contributed by atoms with E-state index in [0.29, 0.717) is 17.7 Å². The lowest BCUT2D eigenvalue weighted by Gasteiger charge is -2.43. The predicted octanol–water partition coefficient (Wildman–Crippen LogP) is 7.06. The first-order valence-corrected chi connectivity index (χ1v) is 13.1. The van der Waals surface area contributed by atoms with Crippen LogP contribution in [0.5, 0.6) is 11.5 Å². The van der Waals surface area contributed by atoms with Crippen LogP contribution in [0.25, 0.3) is 11.6 Å². The SMILES string of the molecule is COc1ccc(C2=C[C@](O)(c3ccc(OC)cc3)[C@@H](C(=O)/C=C/c3ccccc3)[C@H](c3ccccc3)C2)cc1. The van der Waals surface area contributed by atoms with E-state index >= 15 is 0 Å². The highest BCUT2D eigenvalue weighted by atomic mass is 16.5. The van der Waals surface area contributed by atoms with Gasteiger partial charge in [0.2, 0.25) is 0 Å². The van der Waals surface area contributed by atoms with Crippen LogP contribution in [-0.2, 0) is 10.4 Å². The molecule has 4 heteroatoms. The summed E-state index contributed by atoms with van der Waals surface area (Å²) < 4.78 is 10.7. The molecule has 4 nitrogen and oxygen atoms in total. The number of ether oxygens (including phenoxy) is 2. The molecule has 0 saturated carbocycles. The second-order valence-corrected chi connectivity index (χ2v) is 9.80. The van der Waals surface area contributed by atoms with Crippen LogP contribution in [0.3, 0.4) is 0 Å². The van der Waals surface area contributed by atoms with Crippen LogP contribution in [0.1, 0.15) is 34.6 Å². The Morgan fingerprint density at radius 2 is 1.36 bits per heavy atom. The summed E-state index contributed by atoms with van der Waals surface area (Å²) in [7, 11) is 3.25. The van der Waals surface area contributed by atoms with Gasteiger partial charge in [-0.1, -0.05) is 91.0 Å². The third-order valence-corrected chi connectivity index (χ3v) is 7.50. The number of rotatable bonds is 8. The normalized spacial score (nSPS) is 20.8. The molecule has 0 saturated heterocycles. The van der Waals surface area contributed by atoms with Gasteiger partial charge in [0.1, 0.15) is 17.1 Å². The zero-order valence-corrected chi connectivity index (χ0v) is 22.2. The van der Waals surface area contributed by atoms with E-state index in [2.05, 4.69) is 0 Å². The molecule has 5 rings (SSSR count). The standard InChI is InChI=1S/C35H32O4/c1-38-30-18-14-26(15-19-30)28-23-32(27-11-7-4-8-12-27)34(33(36)22-13-25-9-5-3-6-10-25)35(37,24-28)29-16-20-31(39-2)21-17-29/h3-22,24,32,34,37H,23H2,1-2H3/b22-13+/t32-,34+,35-/m0/s1. The van der Waals surface area contributed by atoms with E-state index in [4.69, 9.17) is 9.47 Å². The van der Waals surface area contributed by atoms with Gasteiger partial charge in [-0.2, -0.15) is 0 Å². The molecule has 4 aromatic carbocycles. The quantitative estimate of drug-likeness (QED) is 0.255. The van der Waals surface area contributed by atoms with Crippen LogP contribution in [0.4, 0.5) is 0 Å². The van der Waals surface area contributed by atoms with Crippen molar-refractivity contribution in [1.29, 1.82) is 0 Å².